The number of amides is 2. The molecule has 4 nitrogen and oxygen atoms in total. The molecule has 0 aliphatic heterocycles. The first-order valence-electron chi connectivity index (χ1n) is 12.1. The monoisotopic (exact) mass is 524 g/mol. The molecule has 0 unspecified atom stereocenters. The second-order valence-electron chi connectivity index (χ2n) is 10.3. The Balaban J connectivity index is 2.02. The minimum atomic E-state index is -0.708. The second-order valence-corrected chi connectivity index (χ2v) is 11.1. The van der Waals surface area contributed by atoms with E-state index in [-0.39, 0.29) is 24.8 Å². The van der Waals surface area contributed by atoms with E-state index in [1.165, 1.54) is 5.56 Å². The molecule has 0 aliphatic carbocycles. The van der Waals surface area contributed by atoms with Crippen molar-refractivity contribution in [2.75, 3.05) is 0 Å². The van der Waals surface area contributed by atoms with Gasteiger partial charge in [0, 0.05) is 18.5 Å². The predicted octanol–water partition coefficient (Wildman–Crippen LogP) is 6.71. The standard InChI is InChI=1S/C30H34Cl2N2O2/c1-20-11-12-23(15-21(20)2)18-28(35)34(19-24-13-14-25(31)26(32)16-24)27(29(36)33-30(3,4)5)17-22-9-7-6-8-10-22/h6-16,27H,17-19H2,1-5H3,(H,33,36)/t27-/m0/s1. The van der Waals surface area contributed by atoms with Gasteiger partial charge in [-0.2, -0.15) is 0 Å². The smallest absolute Gasteiger partial charge is 0.243 e. The van der Waals surface area contributed by atoms with Crippen molar-refractivity contribution in [3.63, 3.8) is 0 Å². The SMILES string of the molecule is Cc1ccc(CC(=O)N(Cc2ccc(Cl)c(Cl)c2)[C@@H](Cc2ccccc2)C(=O)NC(C)(C)C)cc1C. The quantitative estimate of drug-likeness (QED) is 0.356. The highest BCUT2D eigenvalue weighted by Gasteiger charge is 2.32. The van der Waals surface area contributed by atoms with E-state index in [1.807, 2.05) is 89.2 Å². The van der Waals surface area contributed by atoms with E-state index >= 15 is 0 Å². The number of nitrogens with one attached hydrogen (secondary N) is 1. The lowest BCUT2D eigenvalue weighted by Crippen LogP contribution is -2.54. The Kier molecular flexibility index (Phi) is 9.21. The van der Waals surface area contributed by atoms with Crippen molar-refractivity contribution in [3.05, 3.63) is 105 Å². The van der Waals surface area contributed by atoms with Gasteiger partial charge in [0.25, 0.3) is 0 Å². The normalized spacial score (nSPS) is 12.2. The van der Waals surface area contributed by atoms with Gasteiger partial charge in [0.2, 0.25) is 11.8 Å². The number of aryl methyl sites for hydroxylation is 2. The van der Waals surface area contributed by atoms with Crippen LogP contribution in [0.4, 0.5) is 0 Å². The molecule has 0 radical (unpaired) electrons. The highest BCUT2D eigenvalue weighted by molar-refractivity contribution is 6.42. The van der Waals surface area contributed by atoms with Crippen LogP contribution in [0.5, 0.6) is 0 Å². The molecule has 6 heteroatoms. The highest BCUT2D eigenvalue weighted by Crippen LogP contribution is 2.25. The van der Waals surface area contributed by atoms with Gasteiger partial charge >= 0.3 is 0 Å². The number of rotatable bonds is 8. The van der Waals surface area contributed by atoms with Gasteiger partial charge in [-0.05, 0) is 74.6 Å². The maximum absolute atomic E-state index is 13.9. The number of carbonyl (C=O) groups is 2. The Bertz CT molecular complexity index is 1220. The molecule has 0 bridgehead atoms. The number of hydrogen-bond acceptors (Lipinski definition) is 2. The topological polar surface area (TPSA) is 49.4 Å². The fourth-order valence-corrected chi connectivity index (χ4v) is 4.35. The van der Waals surface area contributed by atoms with Crippen LogP contribution < -0.4 is 5.32 Å². The van der Waals surface area contributed by atoms with Gasteiger partial charge in [-0.25, -0.2) is 0 Å². The van der Waals surface area contributed by atoms with Crippen molar-refractivity contribution in [2.24, 2.45) is 0 Å². The largest absolute Gasteiger partial charge is 0.350 e. The molecule has 190 valence electrons. The number of carbonyl (C=O) groups excluding carboxylic acids is 2. The third kappa shape index (κ3) is 7.84. The van der Waals surface area contributed by atoms with Crippen molar-refractivity contribution in [3.8, 4) is 0 Å². The van der Waals surface area contributed by atoms with E-state index in [4.69, 9.17) is 23.2 Å². The van der Waals surface area contributed by atoms with Crippen LogP contribution in [0.15, 0.2) is 66.7 Å². The zero-order valence-electron chi connectivity index (χ0n) is 21.6. The summed E-state index contributed by atoms with van der Waals surface area (Å²) >= 11 is 12.4. The average Bonchev–Trinajstić information content (AvgIpc) is 2.80. The first-order valence-corrected chi connectivity index (χ1v) is 12.8. The fourth-order valence-electron chi connectivity index (χ4n) is 4.03. The molecule has 0 aliphatic rings. The van der Waals surface area contributed by atoms with Gasteiger partial charge in [0.1, 0.15) is 6.04 Å². The third-order valence-electron chi connectivity index (χ3n) is 6.03. The Morgan fingerprint density at radius 2 is 1.50 bits per heavy atom. The van der Waals surface area contributed by atoms with Gasteiger partial charge in [0.15, 0.2) is 0 Å². The van der Waals surface area contributed by atoms with Crippen LogP contribution in [0.2, 0.25) is 10.0 Å². The zero-order valence-corrected chi connectivity index (χ0v) is 23.1. The number of benzene rings is 3. The molecule has 0 fully saturated rings. The number of nitrogens with zero attached hydrogens (tertiary/aromatic N) is 1. The second kappa shape index (κ2) is 11.9. The molecule has 0 saturated carbocycles. The van der Waals surface area contributed by atoms with E-state index in [0.717, 1.165) is 22.3 Å². The van der Waals surface area contributed by atoms with Crippen LogP contribution >= 0.6 is 23.2 Å². The minimum Gasteiger partial charge on any atom is -0.350 e. The van der Waals surface area contributed by atoms with E-state index in [2.05, 4.69) is 5.32 Å². The molecule has 3 aromatic rings. The summed E-state index contributed by atoms with van der Waals surface area (Å²) in [5, 5.41) is 3.94. The molecular formula is C30H34Cl2N2O2. The van der Waals surface area contributed by atoms with E-state index < -0.39 is 11.6 Å². The van der Waals surface area contributed by atoms with E-state index in [1.54, 1.807) is 17.0 Å². The number of hydrogen-bond donors (Lipinski definition) is 1. The molecular weight excluding hydrogens is 491 g/mol. The summed E-state index contributed by atoms with van der Waals surface area (Å²) in [7, 11) is 0. The molecule has 3 rings (SSSR count). The highest BCUT2D eigenvalue weighted by atomic mass is 35.5. The van der Waals surface area contributed by atoms with Crippen LogP contribution in [0, 0.1) is 13.8 Å². The average molecular weight is 526 g/mol. The predicted molar refractivity (Wildman–Crippen MR) is 148 cm³/mol. The number of halogens is 2. The molecule has 36 heavy (non-hydrogen) atoms. The van der Waals surface area contributed by atoms with Crippen LogP contribution in [0.3, 0.4) is 0 Å². The van der Waals surface area contributed by atoms with Crippen LogP contribution in [-0.4, -0.2) is 28.3 Å². The first kappa shape index (κ1) is 27.8. The molecule has 2 amide bonds. The molecule has 1 atom stereocenters. The van der Waals surface area contributed by atoms with Crippen LogP contribution in [-0.2, 0) is 29.0 Å². The van der Waals surface area contributed by atoms with Gasteiger partial charge in [0.05, 0.1) is 16.5 Å². The first-order chi connectivity index (χ1) is 16.9. The molecule has 0 aromatic heterocycles. The maximum atomic E-state index is 13.9. The molecule has 0 saturated heterocycles. The summed E-state index contributed by atoms with van der Waals surface area (Å²) in [5.41, 5.74) is 4.55. The Morgan fingerprint density at radius 1 is 0.833 bits per heavy atom. The summed E-state index contributed by atoms with van der Waals surface area (Å²) < 4.78 is 0. The van der Waals surface area contributed by atoms with Crippen molar-refractivity contribution in [1.29, 1.82) is 0 Å². The van der Waals surface area contributed by atoms with Crippen molar-refractivity contribution < 1.29 is 9.59 Å². The van der Waals surface area contributed by atoms with Crippen LogP contribution in [0.1, 0.15) is 48.6 Å². The van der Waals surface area contributed by atoms with Crippen LogP contribution in [0.25, 0.3) is 0 Å². The van der Waals surface area contributed by atoms with Crippen molar-refractivity contribution in [2.45, 2.75) is 65.6 Å². The Hall–Kier alpha value is -2.82. The third-order valence-corrected chi connectivity index (χ3v) is 6.77. The summed E-state index contributed by atoms with van der Waals surface area (Å²) in [6, 6.07) is 20.4. The van der Waals surface area contributed by atoms with E-state index in [0.29, 0.717) is 16.5 Å². The lowest BCUT2D eigenvalue weighted by atomic mass is 9.99. The molecule has 0 spiro atoms. The van der Waals surface area contributed by atoms with Gasteiger partial charge in [-0.3, -0.25) is 9.59 Å². The van der Waals surface area contributed by atoms with Gasteiger partial charge in [-0.15, -0.1) is 0 Å². The molecule has 3 aromatic carbocycles. The maximum Gasteiger partial charge on any atom is 0.243 e. The molecule has 1 N–H and O–H groups in total. The molecule has 0 heterocycles. The summed E-state index contributed by atoms with van der Waals surface area (Å²) in [5.74, 6) is -0.325. The lowest BCUT2D eigenvalue weighted by Gasteiger charge is -2.34. The minimum absolute atomic E-state index is 0.130. The zero-order chi connectivity index (χ0) is 26.5. The lowest BCUT2D eigenvalue weighted by molar-refractivity contribution is -0.141. The summed E-state index contributed by atoms with van der Waals surface area (Å²) in [4.78, 5) is 29.1. The van der Waals surface area contributed by atoms with Crippen molar-refractivity contribution >= 4 is 35.0 Å². The van der Waals surface area contributed by atoms with Gasteiger partial charge in [-0.1, -0.05) is 77.8 Å². The summed E-state index contributed by atoms with van der Waals surface area (Å²) in [6.45, 7) is 10.1. The Labute approximate surface area is 224 Å². The van der Waals surface area contributed by atoms with Gasteiger partial charge < -0.3 is 10.2 Å². The van der Waals surface area contributed by atoms with Crippen molar-refractivity contribution in [1.82, 2.24) is 10.2 Å². The summed E-state index contributed by atoms with van der Waals surface area (Å²) in [6.07, 6.45) is 0.583. The Morgan fingerprint density at radius 3 is 2.11 bits per heavy atom. The fraction of sp³-hybridized carbons (Fsp3) is 0.333. The van der Waals surface area contributed by atoms with E-state index in [9.17, 15) is 9.59 Å².